The molecule has 4 N–H and O–H groups in total. The van der Waals surface area contributed by atoms with E-state index < -0.39 is 23.4 Å². The molecule has 2 amide bonds. The van der Waals surface area contributed by atoms with Crippen LogP contribution in [0.3, 0.4) is 0 Å². The molecule has 0 unspecified atom stereocenters. The SMILES string of the molecule is CC1=C(c2ccc(NC(=O)c3cc[nH+]cc3F)cc2)CN(c2[nH+]ccs2)CC1.CC1=C(c2ccc(NC(=O)c3ccncc3F)cc2)CN(c2nccs2)CC1.[Cl-].[Cl-].[HH]. The van der Waals surface area contributed by atoms with Gasteiger partial charge in [0.2, 0.25) is 6.20 Å². The zero-order chi connectivity index (χ0) is 39.0. The number of aromatic nitrogens is 4. The average molecular weight is 864 g/mol. The minimum Gasteiger partial charge on any atom is -1.00 e. The summed E-state index contributed by atoms with van der Waals surface area (Å²) in [6, 6.07) is 18.2. The molecule has 0 saturated heterocycles. The number of carbonyl (C=O) groups is 2. The number of hydrogen-bond donors (Lipinski definition) is 2. The highest BCUT2D eigenvalue weighted by Crippen LogP contribution is 2.32. The molecule has 0 aliphatic carbocycles. The number of amides is 2. The van der Waals surface area contributed by atoms with Gasteiger partial charge in [-0.3, -0.25) is 14.6 Å². The number of anilines is 4. The van der Waals surface area contributed by atoms with E-state index in [0.29, 0.717) is 11.4 Å². The minimum atomic E-state index is -0.637. The lowest BCUT2D eigenvalue weighted by Gasteiger charge is -2.30. The number of aromatic amines is 2. The molecule has 2 aliphatic rings. The number of thiazole rings is 2. The van der Waals surface area contributed by atoms with Crippen molar-refractivity contribution in [2.75, 3.05) is 46.6 Å². The number of nitrogens with one attached hydrogen (secondary N) is 4. The minimum absolute atomic E-state index is 0. The first-order valence-corrected chi connectivity index (χ1v) is 19.8. The zero-order valence-corrected chi connectivity index (χ0v) is 34.7. The van der Waals surface area contributed by atoms with Crippen molar-refractivity contribution < 1.29 is 54.6 Å². The lowest BCUT2D eigenvalue weighted by Crippen LogP contribution is -3.00. The molecule has 0 atom stereocenters. The lowest BCUT2D eigenvalue weighted by molar-refractivity contribution is -0.380. The second-order valence-electron chi connectivity index (χ2n) is 13.4. The summed E-state index contributed by atoms with van der Waals surface area (Å²) in [5, 5.41) is 11.7. The van der Waals surface area contributed by atoms with Crippen molar-refractivity contribution in [2.45, 2.75) is 26.7 Å². The normalized spacial score (nSPS) is 13.8. The van der Waals surface area contributed by atoms with Crippen LogP contribution in [0.15, 0.2) is 120 Å². The van der Waals surface area contributed by atoms with Gasteiger partial charge in [0.05, 0.1) is 30.1 Å². The molecule has 0 fully saturated rings. The molecular weight excluding hydrogens is 822 g/mol. The van der Waals surface area contributed by atoms with Gasteiger partial charge in [0.25, 0.3) is 11.8 Å². The second-order valence-corrected chi connectivity index (χ2v) is 15.1. The molecule has 10 nitrogen and oxygen atoms in total. The maximum atomic E-state index is 13.7. The Morgan fingerprint density at radius 3 is 1.84 bits per heavy atom. The fraction of sp³-hybridized carbons (Fsp3) is 0.190. The summed E-state index contributed by atoms with van der Waals surface area (Å²) in [6.07, 6.45) is 10.9. The van der Waals surface area contributed by atoms with Crippen molar-refractivity contribution in [1.82, 2.24) is 9.97 Å². The van der Waals surface area contributed by atoms with E-state index in [1.165, 1.54) is 46.8 Å². The van der Waals surface area contributed by atoms with Gasteiger partial charge in [-0.15, -0.1) is 11.3 Å². The van der Waals surface area contributed by atoms with E-state index in [9.17, 15) is 18.4 Å². The Bertz CT molecular complexity index is 2220. The van der Waals surface area contributed by atoms with Crippen LogP contribution in [0, 0.1) is 11.6 Å². The Labute approximate surface area is 357 Å². The zero-order valence-electron chi connectivity index (χ0n) is 31.6. The topological polar surface area (TPSA) is 119 Å². The standard InChI is InChI=1S/2C21H19FN4OS.2ClH.H2/c2*1-14-7-10-26(21-24-9-11-28-21)13-18(14)15-2-4-16(5-3-15)25-20(27)17-6-8-23-12-19(17)22;;;/h2*2-6,8-9,11-12H,7,10,13H2,1H3,(H,25,27);3*1H. The molecule has 0 bridgehead atoms. The van der Waals surface area contributed by atoms with Crippen molar-refractivity contribution >= 4 is 67.3 Å². The summed E-state index contributed by atoms with van der Waals surface area (Å²) < 4.78 is 27.4. The van der Waals surface area contributed by atoms with Crippen molar-refractivity contribution in [1.29, 1.82) is 0 Å². The first kappa shape index (κ1) is 43.6. The molecule has 4 aromatic heterocycles. The van der Waals surface area contributed by atoms with E-state index >= 15 is 0 Å². The van der Waals surface area contributed by atoms with Crippen LogP contribution in [0.5, 0.6) is 0 Å². The Morgan fingerprint density at radius 1 is 0.724 bits per heavy atom. The van der Waals surface area contributed by atoms with E-state index in [2.05, 4.69) is 54.2 Å². The van der Waals surface area contributed by atoms with Gasteiger partial charge in [0.15, 0.2) is 23.0 Å². The summed E-state index contributed by atoms with van der Waals surface area (Å²) in [7, 11) is 0. The predicted molar refractivity (Wildman–Crippen MR) is 220 cm³/mol. The summed E-state index contributed by atoms with van der Waals surface area (Å²) in [6.45, 7) is 7.97. The molecule has 0 radical (unpaired) electrons. The van der Waals surface area contributed by atoms with Crippen LogP contribution in [-0.2, 0) is 0 Å². The maximum absolute atomic E-state index is 13.7. The van der Waals surface area contributed by atoms with Gasteiger partial charge in [-0.1, -0.05) is 46.7 Å². The Kier molecular flexibility index (Phi) is 15.2. The van der Waals surface area contributed by atoms with Gasteiger partial charge in [-0.25, -0.2) is 24.2 Å². The van der Waals surface area contributed by atoms with Gasteiger partial charge in [0, 0.05) is 61.5 Å². The summed E-state index contributed by atoms with van der Waals surface area (Å²) in [5.41, 5.74) is 8.82. The molecule has 0 saturated carbocycles. The molecular formula is C42H42Cl2F2N8O2S2. The van der Waals surface area contributed by atoms with Crippen molar-refractivity contribution in [3.63, 3.8) is 0 Å². The second kappa shape index (κ2) is 20.2. The number of hydrogen-bond acceptors (Lipinski definition) is 8. The van der Waals surface area contributed by atoms with Crippen LogP contribution in [0.25, 0.3) is 11.1 Å². The van der Waals surface area contributed by atoms with Gasteiger partial charge in [-0.05, 0) is 72.9 Å². The van der Waals surface area contributed by atoms with Crippen LogP contribution < -0.4 is 55.2 Å². The number of nitrogens with zero attached hydrogens (tertiary/aromatic N) is 4. The van der Waals surface area contributed by atoms with Gasteiger partial charge in [0.1, 0.15) is 6.54 Å². The smallest absolute Gasteiger partial charge is 0.333 e. The van der Waals surface area contributed by atoms with Crippen LogP contribution in [-0.4, -0.2) is 48.0 Å². The summed E-state index contributed by atoms with van der Waals surface area (Å²) in [5.74, 6) is -2.17. The molecule has 0 spiro atoms. The monoisotopic (exact) mass is 862 g/mol. The van der Waals surface area contributed by atoms with E-state index in [4.69, 9.17) is 0 Å². The van der Waals surface area contributed by atoms with Gasteiger partial charge >= 0.3 is 5.13 Å². The van der Waals surface area contributed by atoms with Gasteiger partial charge < -0.3 is 40.3 Å². The molecule has 58 heavy (non-hydrogen) atoms. The van der Waals surface area contributed by atoms with Crippen LogP contribution in [0.4, 0.5) is 30.4 Å². The largest absolute Gasteiger partial charge is 1.00 e. The third kappa shape index (κ3) is 10.5. The predicted octanol–water partition coefficient (Wildman–Crippen LogP) is 2.32. The Morgan fingerprint density at radius 2 is 1.31 bits per heavy atom. The third-order valence-corrected chi connectivity index (χ3v) is 11.4. The van der Waals surface area contributed by atoms with E-state index in [-0.39, 0.29) is 37.4 Å². The highest BCUT2D eigenvalue weighted by atomic mass is 35.5. The molecule has 6 aromatic rings. The molecule has 2 aliphatic heterocycles. The fourth-order valence-corrected chi connectivity index (χ4v) is 7.94. The molecule has 2 aromatic carbocycles. The highest BCUT2D eigenvalue weighted by Gasteiger charge is 2.25. The number of benzene rings is 2. The summed E-state index contributed by atoms with van der Waals surface area (Å²) in [4.78, 5) is 43.1. The quantitative estimate of drug-likeness (QED) is 0.243. The number of rotatable bonds is 8. The number of halogens is 4. The summed E-state index contributed by atoms with van der Waals surface area (Å²) >= 11 is 3.35. The molecule has 8 rings (SSSR count). The third-order valence-electron chi connectivity index (χ3n) is 9.73. The number of pyridine rings is 2. The highest BCUT2D eigenvalue weighted by molar-refractivity contribution is 7.13. The molecule has 6 heterocycles. The fourth-order valence-electron chi connectivity index (χ4n) is 6.56. The van der Waals surface area contributed by atoms with Crippen molar-refractivity contribution in [2.24, 2.45) is 0 Å². The first-order valence-electron chi connectivity index (χ1n) is 18.0. The van der Waals surface area contributed by atoms with Gasteiger partial charge in [-0.2, -0.15) is 4.39 Å². The van der Waals surface area contributed by atoms with E-state index in [1.54, 1.807) is 22.7 Å². The molecule has 302 valence electrons. The van der Waals surface area contributed by atoms with Crippen LogP contribution in [0.1, 0.15) is 60.0 Å². The molecule has 16 heteroatoms. The first-order chi connectivity index (χ1) is 27.2. The van der Waals surface area contributed by atoms with Crippen LogP contribution >= 0.6 is 22.7 Å². The van der Waals surface area contributed by atoms with Crippen molar-refractivity contribution in [3.05, 3.63) is 154 Å². The number of carbonyl (C=O) groups excluding carboxylic acids is 2. The Hall–Kier alpha value is -5.54. The average Bonchev–Trinajstić information content (AvgIpc) is 3.96. The van der Waals surface area contributed by atoms with E-state index in [1.807, 2.05) is 71.7 Å². The Balaban J connectivity index is 0.000000248. The van der Waals surface area contributed by atoms with Crippen molar-refractivity contribution in [3.8, 4) is 0 Å². The number of H-pyrrole nitrogens is 2. The maximum Gasteiger partial charge on any atom is 0.333 e. The lowest BCUT2D eigenvalue weighted by atomic mass is 9.95. The van der Waals surface area contributed by atoms with Crippen LogP contribution in [0.2, 0.25) is 0 Å². The van der Waals surface area contributed by atoms with E-state index in [0.717, 1.165) is 72.8 Å².